The Balaban J connectivity index is 1.95. The van der Waals surface area contributed by atoms with Crippen LogP contribution in [0, 0.1) is 0 Å². The fourth-order valence-corrected chi connectivity index (χ4v) is 3.00. The van der Waals surface area contributed by atoms with E-state index in [0.29, 0.717) is 16.9 Å². The van der Waals surface area contributed by atoms with E-state index < -0.39 is 5.60 Å². The van der Waals surface area contributed by atoms with Gasteiger partial charge < -0.3 is 24.5 Å². The van der Waals surface area contributed by atoms with Crippen molar-refractivity contribution in [3.05, 3.63) is 58.5 Å². The SMILES string of the molecule is CC1(CO)C=Cc2c(cc(O)c3c(=O)c(-c4ccc(O)cc4)coc23)O1. The van der Waals surface area contributed by atoms with Crippen molar-refractivity contribution in [2.45, 2.75) is 12.5 Å². The zero-order valence-electron chi connectivity index (χ0n) is 13.9. The van der Waals surface area contributed by atoms with Gasteiger partial charge in [0.15, 0.2) is 5.58 Å². The molecule has 0 saturated heterocycles. The Morgan fingerprint density at radius 1 is 1.15 bits per heavy atom. The first-order valence-electron chi connectivity index (χ1n) is 8.02. The van der Waals surface area contributed by atoms with Crippen LogP contribution in [0.4, 0.5) is 0 Å². The summed E-state index contributed by atoms with van der Waals surface area (Å²) < 4.78 is 11.4. The predicted octanol–water partition coefficient (Wildman–Crippen LogP) is 3.03. The second-order valence-electron chi connectivity index (χ2n) is 6.44. The van der Waals surface area contributed by atoms with E-state index in [4.69, 9.17) is 9.15 Å². The van der Waals surface area contributed by atoms with Gasteiger partial charge in [0.2, 0.25) is 5.43 Å². The molecule has 0 saturated carbocycles. The molecule has 0 spiro atoms. The lowest BCUT2D eigenvalue weighted by atomic mass is 9.98. The molecule has 3 aromatic rings. The summed E-state index contributed by atoms with van der Waals surface area (Å²) in [5, 5.41) is 29.3. The largest absolute Gasteiger partial charge is 0.508 e. The fourth-order valence-electron chi connectivity index (χ4n) is 3.00. The van der Waals surface area contributed by atoms with E-state index >= 15 is 0 Å². The molecule has 6 heteroatoms. The molecule has 0 aliphatic carbocycles. The maximum atomic E-state index is 12.9. The van der Waals surface area contributed by atoms with E-state index in [1.165, 1.54) is 24.5 Å². The number of phenolic OH excluding ortho intramolecular Hbond substituents is 2. The summed E-state index contributed by atoms with van der Waals surface area (Å²) in [6, 6.07) is 7.49. The minimum absolute atomic E-state index is 0.0511. The van der Waals surface area contributed by atoms with Crippen molar-refractivity contribution in [3.63, 3.8) is 0 Å². The lowest BCUT2D eigenvalue weighted by Gasteiger charge is -2.30. The summed E-state index contributed by atoms with van der Waals surface area (Å²) in [4.78, 5) is 12.9. The Morgan fingerprint density at radius 3 is 2.58 bits per heavy atom. The lowest BCUT2D eigenvalue weighted by molar-refractivity contribution is 0.0640. The van der Waals surface area contributed by atoms with Gasteiger partial charge in [-0.15, -0.1) is 0 Å². The maximum Gasteiger partial charge on any atom is 0.204 e. The second kappa shape index (κ2) is 5.64. The van der Waals surface area contributed by atoms with Crippen molar-refractivity contribution in [2.24, 2.45) is 0 Å². The molecule has 3 N–H and O–H groups in total. The fraction of sp³-hybridized carbons (Fsp3) is 0.150. The molecule has 0 bridgehead atoms. The van der Waals surface area contributed by atoms with Crippen molar-refractivity contribution in [2.75, 3.05) is 6.61 Å². The molecule has 6 nitrogen and oxygen atoms in total. The Bertz CT molecular complexity index is 1090. The van der Waals surface area contributed by atoms with Crippen LogP contribution < -0.4 is 10.2 Å². The van der Waals surface area contributed by atoms with Gasteiger partial charge in [-0.05, 0) is 36.8 Å². The molecule has 0 amide bonds. The summed E-state index contributed by atoms with van der Waals surface area (Å²) in [5.41, 5.74) is 0.284. The number of hydrogen-bond acceptors (Lipinski definition) is 6. The van der Waals surface area contributed by atoms with E-state index in [9.17, 15) is 20.1 Å². The minimum Gasteiger partial charge on any atom is -0.508 e. The molecule has 1 aliphatic heterocycles. The highest BCUT2D eigenvalue weighted by Gasteiger charge is 2.29. The molecule has 2 aromatic carbocycles. The maximum absolute atomic E-state index is 12.9. The number of aromatic hydroxyl groups is 2. The highest BCUT2D eigenvalue weighted by atomic mass is 16.5. The van der Waals surface area contributed by atoms with Crippen LogP contribution in [0.25, 0.3) is 28.2 Å². The average Bonchev–Trinajstić information content (AvgIpc) is 2.62. The third-order valence-electron chi connectivity index (χ3n) is 4.47. The molecule has 1 unspecified atom stereocenters. The normalized spacial score (nSPS) is 18.5. The van der Waals surface area contributed by atoms with Gasteiger partial charge in [-0.1, -0.05) is 12.1 Å². The Morgan fingerprint density at radius 2 is 1.88 bits per heavy atom. The molecule has 1 aromatic heterocycles. The van der Waals surface area contributed by atoms with Gasteiger partial charge in [0, 0.05) is 6.07 Å². The van der Waals surface area contributed by atoms with Crippen LogP contribution in [0.1, 0.15) is 12.5 Å². The quantitative estimate of drug-likeness (QED) is 0.655. The number of phenols is 2. The molecule has 2 heterocycles. The molecule has 0 radical (unpaired) electrons. The average molecular weight is 352 g/mol. The summed E-state index contributed by atoms with van der Waals surface area (Å²) in [7, 11) is 0. The first-order valence-corrected chi connectivity index (χ1v) is 8.02. The van der Waals surface area contributed by atoms with Gasteiger partial charge in [0.1, 0.15) is 34.5 Å². The molecule has 4 rings (SSSR count). The Labute approximate surface area is 148 Å². The van der Waals surface area contributed by atoms with Gasteiger partial charge >= 0.3 is 0 Å². The van der Waals surface area contributed by atoms with Crippen LogP contribution in [-0.2, 0) is 0 Å². The van der Waals surface area contributed by atoms with Crippen LogP contribution in [0.15, 0.2) is 51.9 Å². The summed E-state index contributed by atoms with van der Waals surface area (Å²) in [6.07, 6.45) is 4.71. The van der Waals surface area contributed by atoms with Crippen LogP contribution in [-0.4, -0.2) is 27.5 Å². The number of benzene rings is 2. The van der Waals surface area contributed by atoms with Crippen molar-refractivity contribution < 1.29 is 24.5 Å². The Kier molecular flexibility index (Phi) is 3.52. The number of fused-ring (bicyclic) bond motifs is 3. The standard InChI is InChI=1S/C20H16O6/c1-20(10-21)7-6-13-16(26-20)8-15(23)17-18(24)14(9-25-19(13)17)11-2-4-12(22)5-3-11/h2-9,21-23H,10H2,1H3. The second-order valence-corrected chi connectivity index (χ2v) is 6.44. The molecular formula is C20H16O6. The Hall–Kier alpha value is -3.25. The molecule has 0 fully saturated rings. The van der Waals surface area contributed by atoms with Gasteiger partial charge in [-0.25, -0.2) is 0 Å². The number of aliphatic hydroxyl groups excluding tert-OH is 1. The monoisotopic (exact) mass is 352 g/mol. The molecule has 26 heavy (non-hydrogen) atoms. The minimum atomic E-state index is -0.903. The van der Waals surface area contributed by atoms with Crippen LogP contribution in [0.3, 0.4) is 0 Å². The van der Waals surface area contributed by atoms with Crippen molar-refractivity contribution in [1.82, 2.24) is 0 Å². The molecular weight excluding hydrogens is 336 g/mol. The summed E-state index contributed by atoms with van der Waals surface area (Å²) in [6.45, 7) is 1.48. The van der Waals surface area contributed by atoms with E-state index in [-0.39, 0.29) is 40.1 Å². The van der Waals surface area contributed by atoms with Gasteiger partial charge in [-0.3, -0.25) is 4.79 Å². The topological polar surface area (TPSA) is 100 Å². The first kappa shape index (κ1) is 16.2. The van der Waals surface area contributed by atoms with Crippen LogP contribution in [0.5, 0.6) is 17.2 Å². The van der Waals surface area contributed by atoms with Gasteiger partial charge in [0.05, 0.1) is 17.7 Å². The number of aliphatic hydroxyl groups is 1. The third-order valence-corrected chi connectivity index (χ3v) is 4.47. The molecule has 132 valence electrons. The van der Waals surface area contributed by atoms with Gasteiger partial charge in [-0.2, -0.15) is 0 Å². The van der Waals surface area contributed by atoms with Crippen molar-refractivity contribution in [1.29, 1.82) is 0 Å². The molecule has 1 aliphatic rings. The van der Waals surface area contributed by atoms with Crippen molar-refractivity contribution in [3.8, 4) is 28.4 Å². The lowest BCUT2D eigenvalue weighted by Crippen LogP contribution is -2.35. The van der Waals surface area contributed by atoms with E-state index in [2.05, 4.69) is 0 Å². The number of ether oxygens (including phenoxy) is 1. The number of hydrogen-bond donors (Lipinski definition) is 3. The van der Waals surface area contributed by atoms with Gasteiger partial charge in [0.25, 0.3) is 0 Å². The number of rotatable bonds is 2. The van der Waals surface area contributed by atoms with E-state index in [1.807, 2.05) is 0 Å². The zero-order valence-corrected chi connectivity index (χ0v) is 13.9. The van der Waals surface area contributed by atoms with E-state index in [1.54, 1.807) is 31.2 Å². The van der Waals surface area contributed by atoms with E-state index in [0.717, 1.165) is 0 Å². The molecule has 1 atom stereocenters. The van der Waals surface area contributed by atoms with Crippen molar-refractivity contribution >= 4 is 17.0 Å². The zero-order chi connectivity index (χ0) is 18.5. The third kappa shape index (κ3) is 2.43. The highest BCUT2D eigenvalue weighted by Crippen LogP contribution is 2.40. The highest BCUT2D eigenvalue weighted by molar-refractivity contribution is 5.95. The van der Waals surface area contributed by atoms with Crippen LogP contribution >= 0.6 is 0 Å². The smallest absolute Gasteiger partial charge is 0.204 e. The summed E-state index contributed by atoms with van der Waals surface area (Å²) in [5.74, 6) is 0.156. The first-order chi connectivity index (χ1) is 12.4. The predicted molar refractivity (Wildman–Crippen MR) is 96.4 cm³/mol. The summed E-state index contributed by atoms with van der Waals surface area (Å²) >= 11 is 0. The van der Waals surface area contributed by atoms with Crippen LogP contribution in [0.2, 0.25) is 0 Å².